The molecular weight excluding hydrogens is 166 g/mol. The van der Waals surface area contributed by atoms with Crippen LogP contribution in [0.5, 0.6) is 11.5 Å². The zero-order valence-electron chi connectivity index (χ0n) is 7.40. The second-order valence-corrected chi connectivity index (χ2v) is 2.74. The minimum atomic E-state index is -0.189. The van der Waals surface area contributed by atoms with Crippen LogP contribution in [0.1, 0.15) is 6.92 Å². The van der Waals surface area contributed by atoms with Gasteiger partial charge in [-0.15, -0.1) is 0 Å². The minimum Gasteiger partial charge on any atom is -0.504 e. The monoisotopic (exact) mass is 177 g/mol. The quantitative estimate of drug-likeness (QED) is 0.717. The first kappa shape index (κ1) is 9.40. The molecule has 0 aromatic heterocycles. The zero-order chi connectivity index (χ0) is 9.68. The van der Waals surface area contributed by atoms with E-state index in [9.17, 15) is 5.11 Å². The number of phenolic OH excluding ortho intramolecular Hbond substituents is 1. The van der Waals surface area contributed by atoms with Crippen molar-refractivity contribution in [2.24, 2.45) is 0 Å². The standard InChI is InChI=1S/C10H11NO2/c1-8(7-11-2)13-10-6-4-3-5-9(10)12/h3-6,8,12H,7H2,1H3. The molecule has 0 fully saturated rings. The molecule has 3 nitrogen and oxygen atoms in total. The summed E-state index contributed by atoms with van der Waals surface area (Å²) in [5, 5.41) is 9.33. The highest BCUT2D eigenvalue weighted by Gasteiger charge is 2.08. The molecule has 0 saturated carbocycles. The number of phenols is 1. The Labute approximate surface area is 77.4 Å². The molecule has 68 valence electrons. The molecule has 13 heavy (non-hydrogen) atoms. The molecule has 1 aromatic rings. The third-order valence-corrected chi connectivity index (χ3v) is 1.54. The molecule has 1 rings (SSSR count). The molecule has 0 amide bonds. The Morgan fingerprint density at radius 2 is 2.23 bits per heavy atom. The topological polar surface area (TPSA) is 33.8 Å². The Morgan fingerprint density at radius 1 is 1.54 bits per heavy atom. The lowest BCUT2D eigenvalue weighted by molar-refractivity contribution is 0.228. The predicted molar refractivity (Wildman–Crippen MR) is 49.7 cm³/mol. The van der Waals surface area contributed by atoms with E-state index in [1.54, 1.807) is 31.2 Å². The average Bonchev–Trinajstić information content (AvgIpc) is 2.09. The summed E-state index contributed by atoms with van der Waals surface area (Å²) in [4.78, 5) is 3.20. The van der Waals surface area contributed by atoms with Crippen LogP contribution < -0.4 is 4.74 Å². The van der Waals surface area contributed by atoms with Gasteiger partial charge in [-0.3, -0.25) is 0 Å². The van der Waals surface area contributed by atoms with Gasteiger partial charge in [0.1, 0.15) is 0 Å². The van der Waals surface area contributed by atoms with Crippen LogP contribution in [0.3, 0.4) is 0 Å². The number of nitrogens with zero attached hydrogens (tertiary/aromatic N) is 1. The third kappa shape index (κ3) is 2.68. The first-order valence-corrected chi connectivity index (χ1v) is 4.02. The molecule has 1 aromatic carbocycles. The van der Waals surface area contributed by atoms with Gasteiger partial charge in [-0.05, 0) is 19.1 Å². The molecule has 0 aliphatic carbocycles. The molecule has 1 atom stereocenters. The maximum atomic E-state index is 9.33. The van der Waals surface area contributed by atoms with Gasteiger partial charge in [-0.1, -0.05) is 12.1 Å². The SMILES string of the molecule is [C-]#[N+]CC(C)Oc1ccccc1O. The van der Waals surface area contributed by atoms with Gasteiger partial charge in [-0.2, -0.15) is 0 Å². The molecule has 3 heteroatoms. The van der Waals surface area contributed by atoms with Crippen LogP contribution in [-0.2, 0) is 0 Å². The number of hydrogen-bond donors (Lipinski definition) is 1. The van der Waals surface area contributed by atoms with Gasteiger partial charge in [0.15, 0.2) is 17.6 Å². The van der Waals surface area contributed by atoms with Gasteiger partial charge >= 0.3 is 0 Å². The van der Waals surface area contributed by atoms with E-state index in [4.69, 9.17) is 11.3 Å². The first-order valence-electron chi connectivity index (χ1n) is 4.02. The number of ether oxygens (including phenoxy) is 1. The van der Waals surface area contributed by atoms with Crippen molar-refractivity contribution < 1.29 is 9.84 Å². The van der Waals surface area contributed by atoms with E-state index >= 15 is 0 Å². The summed E-state index contributed by atoms with van der Waals surface area (Å²) < 4.78 is 5.32. The van der Waals surface area contributed by atoms with E-state index in [2.05, 4.69) is 4.85 Å². The van der Waals surface area contributed by atoms with Gasteiger partial charge in [0.25, 0.3) is 6.54 Å². The average molecular weight is 177 g/mol. The molecule has 0 saturated heterocycles. The van der Waals surface area contributed by atoms with E-state index in [1.807, 2.05) is 0 Å². The Bertz CT molecular complexity index is 317. The fraction of sp³-hybridized carbons (Fsp3) is 0.300. The molecule has 0 aliphatic rings. The number of rotatable bonds is 3. The Kier molecular flexibility index (Phi) is 3.15. The van der Waals surface area contributed by atoms with Crippen LogP contribution in [0, 0.1) is 6.57 Å². The number of aromatic hydroxyl groups is 1. The Hall–Kier alpha value is -1.69. The van der Waals surface area contributed by atoms with Crippen molar-refractivity contribution >= 4 is 0 Å². The largest absolute Gasteiger partial charge is 0.504 e. The fourth-order valence-electron chi connectivity index (χ4n) is 0.939. The van der Waals surface area contributed by atoms with E-state index in [0.29, 0.717) is 12.3 Å². The second kappa shape index (κ2) is 4.36. The van der Waals surface area contributed by atoms with Crippen LogP contribution in [-0.4, -0.2) is 17.8 Å². The highest BCUT2D eigenvalue weighted by Crippen LogP contribution is 2.25. The Morgan fingerprint density at radius 3 is 2.85 bits per heavy atom. The van der Waals surface area contributed by atoms with Crippen LogP contribution in [0.25, 0.3) is 4.85 Å². The van der Waals surface area contributed by atoms with Crippen LogP contribution in [0.2, 0.25) is 0 Å². The van der Waals surface area contributed by atoms with Gasteiger partial charge < -0.3 is 14.7 Å². The summed E-state index contributed by atoms with van der Waals surface area (Å²) in [6.45, 7) is 8.73. The van der Waals surface area contributed by atoms with Gasteiger partial charge in [0.05, 0.1) is 0 Å². The molecule has 0 aliphatic heterocycles. The van der Waals surface area contributed by atoms with Crippen molar-refractivity contribution in [2.45, 2.75) is 13.0 Å². The minimum absolute atomic E-state index is 0.110. The van der Waals surface area contributed by atoms with Crippen LogP contribution in [0.4, 0.5) is 0 Å². The lowest BCUT2D eigenvalue weighted by Gasteiger charge is -2.10. The molecule has 0 spiro atoms. The van der Waals surface area contributed by atoms with Crippen LogP contribution in [0.15, 0.2) is 24.3 Å². The van der Waals surface area contributed by atoms with Gasteiger partial charge in [-0.25, -0.2) is 6.57 Å². The Balaban J connectivity index is 2.64. The van der Waals surface area contributed by atoms with Gasteiger partial charge in [0, 0.05) is 0 Å². The van der Waals surface area contributed by atoms with Crippen molar-refractivity contribution in [1.29, 1.82) is 0 Å². The van der Waals surface area contributed by atoms with Crippen molar-refractivity contribution in [1.82, 2.24) is 0 Å². The molecule has 0 radical (unpaired) electrons. The number of hydrogen-bond acceptors (Lipinski definition) is 2. The van der Waals surface area contributed by atoms with E-state index < -0.39 is 0 Å². The maximum absolute atomic E-state index is 9.33. The van der Waals surface area contributed by atoms with Crippen molar-refractivity contribution in [2.75, 3.05) is 6.54 Å². The smallest absolute Gasteiger partial charge is 0.250 e. The normalized spacial score (nSPS) is 11.7. The first-order chi connectivity index (χ1) is 6.24. The lowest BCUT2D eigenvalue weighted by Crippen LogP contribution is -2.14. The molecule has 1 unspecified atom stereocenters. The van der Waals surface area contributed by atoms with Crippen molar-refractivity contribution in [3.8, 4) is 11.5 Å². The molecule has 0 bridgehead atoms. The molecule has 0 heterocycles. The summed E-state index contributed by atoms with van der Waals surface area (Å²) >= 11 is 0. The summed E-state index contributed by atoms with van der Waals surface area (Å²) in [5.41, 5.74) is 0. The van der Waals surface area contributed by atoms with Crippen LogP contribution >= 0.6 is 0 Å². The summed E-state index contributed by atoms with van der Waals surface area (Å²) in [6, 6.07) is 6.73. The maximum Gasteiger partial charge on any atom is 0.250 e. The summed E-state index contributed by atoms with van der Waals surface area (Å²) in [6.07, 6.45) is -0.189. The van der Waals surface area contributed by atoms with Crippen molar-refractivity contribution in [3.05, 3.63) is 35.7 Å². The number of para-hydroxylation sites is 2. The van der Waals surface area contributed by atoms with Crippen molar-refractivity contribution in [3.63, 3.8) is 0 Å². The third-order valence-electron chi connectivity index (χ3n) is 1.54. The second-order valence-electron chi connectivity index (χ2n) is 2.74. The molecule has 1 N–H and O–H groups in total. The lowest BCUT2D eigenvalue weighted by atomic mass is 10.3. The predicted octanol–water partition coefficient (Wildman–Crippen LogP) is 2.08. The van der Waals surface area contributed by atoms with E-state index in [-0.39, 0.29) is 11.9 Å². The highest BCUT2D eigenvalue weighted by atomic mass is 16.5. The molecular formula is C10H11NO2. The van der Waals surface area contributed by atoms with E-state index in [1.165, 1.54) is 0 Å². The zero-order valence-corrected chi connectivity index (χ0v) is 7.40. The highest BCUT2D eigenvalue weighted by molar-refractivity contribution is 5.38. The van der Waals surface area contributed by atoms with Gasteiger partial charge in [0.2, 0.25) is 0 Å². The van der Waals surface area contributed by atoms with E-state index in [0.717, 1.165) is 0 Å². The summed E-state index contributed by atoms with van der Waals surface area (Å²) in [5.74, 6) is 0.540. The summed E-state index contributed by atoms with van der Waals surface area (Å²) in [7, 11) is 0. The number of benzene rings is 1. The fourth-order valence-corrected chi connectivity index (χ4v) is 0.939.